The minimum absolute atomic E-state index is 0.0588. The fourth-order valence-corrected chi connectivity index (χ4v) is 3.79. The number of hydrogen-bond donors (Lipinski definition) is 0. The fraction of sp³-hybridized carbons (Fsp3) is 0.182. The molecule has 2 aromatic rings. The van der Waals surface area contributed by atoms with Crippen LogP contribution in [0, 0.1) is 6.92 Å². The molecular weight excluding hydrogens is 280 g/mol. The van der Waals surface area contributed by atoms with Gasteiger partial charge in [0.2, 0.25) is 0 Å². The van der Waals surface area contributed by atoms with E-state index in [-0.39, 0.29) is 10.7 Å². The summed E-state index contributed by atoms with van der Waals surface area (Å²) in [5.74, 6) is -0.0801. The van der Waals surface area contributed by atoms with E-state index < -0.39 is 9.05 Å². The summed E-state index contributed by atoms with van der Waals surface area (Å²) in [5.41, 5.74) is 0.932. The van der Waals surface area contributed by atoms with Crippen molar-refractivity contribution in [3.8, 4) is 0 Å². The molecule has 0 aliphatic heterocycles. The highest BCUT2D eigenvalue weighted by atomic mass is 35.7. The van der Waals surface area contributed by atoms with E-state index in [0.717, 1.165) is 10.3 Å². The molecule has 0 aliphatic rings. The van der Waals surface area contributed by atoms with E-state index in [1.165, 1.54) is 24.3 Å². The molecule has 1 aromatic carbocycles. The summed E-state index contributed by atoms with van der Waals surface area (Å²) < 4.78 is 23.6. The van der Waals surface area contributed by atoms with Crippen LogP contribution >= 0.6 is 22.0 Å². The van der Waals surface area contributed by atoms with Crippen LogP contribution in [0.3, 0.4) is 0 Å². The first-order chi connectivity index (χ1) is 7.80. The first-order valence-corrected chi connectivity index (χ1v) is 7.92. The Labute approximate surface area is 107 Å². The second-order valence-electron chi connectivity index (χ2n) is 3.73. The highest BCUT2D eigenvalue weighted by Gasteiger charge is 2.18. The molecule has 0 unspecified atom stereocenters. The van der Waals surface area contributed by atoms with Gasteiger partial charge in [0.05, 0.1) is 9.77 Å². The van der Waals surface area contributed by atoms with Crippen LogP contribution < -0.4 is 0 Å². The molecule has 0 amide bonds. The Morgan fingerprint density at radius 1 is 1.35 bits per heavy atom. The minimum atomic E-state index is -3.79. The van der Waals surface area contributed by atoms with Gasteiger partial charge in [0.25, 0.3) is 9.05 Å². The molecule has 0 fully saturated rings. The number of rotatable bonds is 2. The number of Topliss-reactive ketones (excluding diaryl/α,β-unsaturated/α-hetero) is 1. The van der Waals surface area contributed by atoms with Crippen molar-refractivity contribution in [2.45, 2.75) is 18.7 Å². The van der Waals surface area contributed by atoms with E-state index in [1.54, 1.807) is 12.1 Å². The quantitative estimate of drug-likeness (QED) is 0.629. The lowest BCUT2D eigenvalue weighted by Gasteiger charge is -2.00. The SMILES string of the molecule is CC(=O)c1cc2c(S(=O)(=O)Cl)ccc(C)c2s1. The third-order valence-corrected chi connectivity index (χ3v) is 5.20. The van der Waals surface area contributed by atoms with Crippen molar-refractivity contribution in [2.75, 3.05) is 0 Å². The monoisotopic (exact) mass is 288 g/mol. The van der Waals surface area contributed by atoms with Gasteiger partial charge in [0, 0.05) is 20.8 Å². The Kier molecular flexibility index (Phi) is 3.01. The second-order valence-corrected chi connectivity index (χ2v) is 7.31. The molecule has 1 heterocycles. The van der Waals surface area contributed by atoms with Gasteiger partial charge in [-0.05, 0) is 31.5 Å². The number of halogens is 1. The number of fused-ring (bicyclic) bond motifs is 1. The first-order valence-electron chi connectivity index (χ1n) is 4.79. The molecule has 1 aromatic heterocycles. The standard InChI is InChI=1S/C11H9ClO3S2/c1-6-3-4-10(17(12,14)15)8-5-9(7(2)13)16-11(6)8/h3-5H,1-2H3. The Hall–Kier alpha value is -0.910. The number of carbonyl (C=O) groups is 1. The summed E-state index contributed by atoms with van der Waals surface area (Å²) in [6, 6.07) is 4.75. The summed E-state index contributed by atoms with van der Waals surface area (Å²) in [4.78, 5) is 11.9. The van der Waals surface area contributed by atoms with E-state index in [2.05, 4.69) is 0 Å². The first kappa shape index (κ1) is 12.5. The lowest BCUT2D eigenvalue weighted by molar-refractivity contribution is 0.102. The van der Waals surface area contributed by atoms with Crippen molar-refractivity contribution < 1.29 is 13.2 Å². The molecule has 0 saturated heterocycles. The lowest BCUT2D eigenvalue weighted by Crippen LogP contribution is -1.91. The van der Waals surface area contributed by atoms with Gasteiger partial charge in [-0.25, -0.2) is 8.42 Å². The van der Waals surface area contributed by atoms with Crippen molar-refractivity contribution in [1.82, 2.24) is 0 Å². The molecule has 0 N–H and O–H groups in total. The van der Waals surface area contributed by atoms with Crippen molar-refractivity contribution in [1.29, 1.82) is 0 Å². The summed E-state index contributed by atoms with van der Waals surface area (Å²) in [6.45, 7) is 3.32. The zero-order valence-electron chi connectivity index (χ0n) is 9.15. The van der Waals surface area contributed by atoms with Crippen LogP contribution in [0.5, 0.6) is 0 Å². The molecule has 2 rings (SSSR count). The maximum absolute atomic E-state index is 11.4. The molecule has 17 heavy (non-hydrogen) atoms. The maximum atomic E-state index is 11.4. The smallest absolute Gasteiger partial charge is 0.261 e. The topological polar surface area (TPSA) is 51.2 Å². The van der Waals surface area contributed by atoms with Crippen molar-refractivity contribution in [2.24, 2.45) is 0 Å². The summed E-state index contributed by atoms with van der Waals surface area (Å²) >= 11 is 1.29. The van der Waals surface area contributed by atoms with Crippen molar-refractivity contribution in [3.63, 3.8) is 0 Å². The van der Waals surface area contributed by atoms with E-state index in [1.807, 2.05) is 6.92 Å². The zero-order chi connectivity index (χ0) is 12.8. The number of benzene rings is 1. The number of hydrogen-bond acceptors (Lipinski definition) is 4. The van der Waals surface area contributed by atoms with Crippen LogP contribution in [0.25, 0.3) is 10.1 Å². The predicted octanol–water partition coefficient (Wildman–Crippen LogP) is 3.34. The van der Waals surface area contributed by atoms with Crippen LogP contribution in [0.2, 0.25) is 0 Å². The Morgan fingerprint density at radius 3 is 2.53 bits per heavy atom. The molecule has 3 nitrogen and oxygen atoms in total. The summed E-state index contributed by atoms with van der Waals surface area (Å²) in [6.07, 6.45) is 0. The molecule has 0 aliphatic carbocycles. The minimum Gasteiger partial charge on any atom is -0.294 e. The summed E-state index contributed by atoms with van der Waals surface area (Å²) in [5, 5.41) is 0.523. The van der Waals surface area contributed by atoms with Crippen LogP contribution in [0.1, 0.15) is 22.2 Å². The molecule has 90 valence electrons. The fourth-order valence-electron chi connectivity index (χ4n) is 1.62. The van der Waals surface area contributed by atoms with Gasteiger partial charge in [-0.15, -0.1) is 11.3 Å². The summed E-state index contributed by atoms with van der Waals surface area (Å²) in [7, 11) is 1.58. The van der Waals surface area contributed by atoms with Gasteiger partial charge < -0.3 is 0 Å². The Bertz CT molecular complexity index is 714. The molecule has 0 saturated carbocycles. The van der Waals surface area contributed by atoms with Gasteiger partial charge in [0.1, 0.15) is 0 Å². The van der Waals surface area contributed by atoms with Gasteiger partial charge in [-0.1, -0.05) is 6.07 Å². The molecule has 0 spiro atoms. The van der Waals surface area contributed by atoms with Gasteiger partial charge in [-0.2, -0.15) is 0 Å². The van der Waals surface area contributed by atoms with Gasteiger partial charge >= 0.3 is 0 Å². The van der Waals surface area contributed by atoms with E-state index in [0.29, 0.717) is 10.3 Å². The van der Waals surface area contributed by atoms with Crippen LogP contribution in [0.15, 0.2) is 23.1 Å². The number of thiophene rings is 1. The van der Waals surface area contributed by atoms with Crippen LogP contribution in [0.4, 0.5) is 0 Å². The lowest BCUT2D eigenvalue weighted by atomic mass is 10.2. The molecule has 0 bridgehead atoms. The molecule has 6 heteroatoms. The largest absolute Gasteiger partial charge is 0.294 e. The Morgan fingerprint density at radius 2 is 2.00 bits per heavy atom. The van der Waals surface area contributed by atoms with Gasteiger partial charge in [-0.3, -0.25) is 4.79 Å². The van der Waals surface area contributed by atoms with E-state index in [9.17, 15) is 13.2 Å². The molecular formula is C11H9ClO3S2. The second kappa shape index (κ2) is 4.08. The molecule has 0 atom stereocenters. The number of carbonyl (C=O) groups excluding carboxylic acids is 1. The predicted molar refractivity (Wildman–Crippen MR) is 69.6 cm³/mol. The third-order valence-electron chi connectivity index (χ3n) is 2.45. The van der Waals surface area contributed by atoms with Crippen molar-refractivity contribution >= 4 is 46.9 Å². The van der Waals surface area contributed by atoms with E-state index >= 15 is 0 Å². The average molecular weight is 289 g/mol. The normalized spacial score (nSPS) is 11.9. The maximum Gasteiger partial charge on any atom is 0.261 e. The highest BCUT2D eigenvalue weighted by molar-refractivity contribution is 8.14. The van der Waals surface area contributed by atoms with Crippen molar-refractivity contribution in [3.05, 3.63) is 28.6 Å². The average Bonchev–Trinajstić information content (AvgIpc) is 2.61. The third kappa shape index (κ3) is 2.22. The zero-order valence-corrected chi connectivity index (χ0v) is 11.5. The van der Waals surface area contributed by atoms with Gasteiger partial charge in [0.15, 0.2) is 5.78 Å². The Balaban J connectivity index is 2.90. The van der Waals surface area contributed by atoms with Crippen LogP contribution in [-0.2, 0) is 9.05 Å². The number of aryl methyl sites for hydroxylation is 1. The molecule has 0 radical (unpaired) electrons. The van der Waals surface area contributed by atoms with E-state index in [4.69, 9.17) is 10.7 Å². The highest BCUT2D eigenvalue weighted by Crippen LogP contribution is 2.34. The van der Waals surface area contributed by atoms with Crippen LogP contribution in [-0.4, -0.2) is 14.2 Å². The number of ketones is 1.